The van der Waals surface area contributed by atoms with E-state index < -0.39 is 0 Å². The van der Waals surface area contributed by atoms with E-state index in [2.05, 4.69) is 34.5 Å². The number of carbonyl (C=O) groups excluding carboxylic acids is 1. The van der Waals surface area contributed by atoms with Crippen LogP contribution in [0.15, 0.2) is 54.6 Å². The van der Waals surface area contributed by atoms with Crippen LogP contribution in [0.3, 0.4) is 0 Å². The molecule has 2 atom stereocenters. The van der Waals surface area contributed by atoms with Crippen LogP contribution in [-0.2, 0) is 11.4 Å². The average molecular weight is 391 g/mol. The van der Waals surface area contributed by atoms with Gasteiger partial charge in [-0.3, -0.25) is 4.79 Å². The Morgan fingerprint density at radius 2 is 1.79 bits per heavy atom. The summed E-state index contributed by atoms with van der Waals surface area (Å²) >= 11 is 0. The van der Waals surface area contributed by atoms with Gasteiger partial charge in [0.25, 0.3) is 0 Å². The molecule has 2 unspecified atom stereocenters. The fourth-order valence-electron chi connectivity index (χ4n) is 5.05. The van der Waals surface area contributed by atoms with Crippen LogP contribution in [0.1, 0.15) is 42.7 Å². The van der Waals surface area contributed by atoms with Crippen LogP contribution in [0.2, 0.25) is 0 Å². The Hall–Kier alpha value is -2.33. The van der Waals surface area contributed by atoms with E-state index in [-0.39, 0.29) is 5.92 Å². The van der Waals surface area contributed by atoms with Crippen molar-refractivity contribution in [2.45, 2.75) is 38.2 Å². The summed E-state index contributed by atoms with van der Waals surface area (Å²) in [5.74, 6) is 1.82. The molecule has 0 radical (unpaired) electrons. The van der Waals surface area contributed by atoms with E-state index in [0.29, 0.717) is 23.8 Å². The molecule has 5 rings (SSSR count). The minimum absolute atomic E-state index is 0.182. The quantitative estimate of drug-likeness (QED) is 0.840. The first-order valence-electron chi connectivity index (χ1n) is 11.0. The van der Waals surface area contributed by atoms with Crippen LogP contribution < -0.4 is 10.1 Å². The zero-order chi connectivity index (χ0) is 19.7. The molecule has 1 saturated carbocycles. The van der Waals surface area contributed by atoms with E-state index >= 15 is 0 Å². The highest BCUT2D eigenvalue weighted by Crippen LogP contribution is 2.49. The van der Waals surface area contributed by atoms with Gasteiger partial charge in [-0.2, -0.15) is 0 Å². The number of hydrogen-bond acceptors (Lipinski definition) is 3. The fraction of sp³-hybridized carbons (Fsp3) is 0.480. The maximum absolute atomic E-state index is 13.0. The Morgan fingerprint density at radius 3 is 2.48 bits per heavy atom. The second-order valence-electron chi connectivity index (χ2n) is 9.04. The van der Waals surface area contributed by atoms with Gasteiger partial charge in [-0.05, 0) is 66.8 Å². The molecule has 4 nitrogen and oxygen atoms in total. The zero-order valence-electron chi connectivity index (χ0n) is 17.0. The third-order valence-corrected chi connectivity index (χ3v) is 7.13. The first kappa shape index (κ1) is 18.7. The lowest BCUT2D eigenvalue weighted by molar-refractivity contribution is -0.134. The molecule has 4 heteroatoms. The van der Waals surface area contributed by atoms with Crippen LogP contribution >= 0.6 is 0 Å². The Labute approximate surface area is 173 Å². The normalized spacial score (nSPS) is 25.2. The van der Waals surface area contributed by atoms with Crippen molar-refractivity contribution in [2.24, 2.45) is 11.3 Å². The van der Waals surface area contributed by atoms with Crippen molar-refractivity contribution in [3.8, 4) is 5.75 Å². The number of hydrogen-bond donors (Lipinski definition) is 1. The van der Waals surface area contributed by atoms with Gasteiger partial charge in [0, 0.05) is 25.6 Å². The summed E-state index contributed by atoms with van der Waals surface area (Å²) in [6.07, 6.45) is 4.60. The van der Waals surface area contributed by atoms with Crippen LogP contribution in [0.4, 0.5) is 0 Å². The highest BCUT2D eigenvalue weighted by molar-refractivity contribution is 5.83. The molecule has 1 aliphatic carbocycles. The number of ether oxygens (including phenoxy) is 1. The second kappa shape index (κ2) is 7.83. The number of amides is 1. The Morgan fingerprint density at radius 1 is 1.03 bits per heavy atom. The summed E-state index contributed by atoms with van der Waals surface area (Å²) in [6, 6.07) is 18.5. The van der Waals surface area contributed by atoms with Gasteiger partial charge in [-0.15, -0.1) is 0 Å². The summed E-state index contributed by atoms with van der Waals surface area (Å²) in [7, 11) is 0. The number of benzene rings is 2. The Bertz CT molecular complexity index is 833. The summed E-state index contributed by atoms with van der Waals surface area (Å²) in [5, 5.41) is 3.50. The van der Waals surface area contributed by atoms with E-state index in [9.17, 15) is 4.79 Å². The number of nitrogens with one attached hydrogen (secondary N) is 1. The molecule has 2 heterocycles. The molecule has 1 N–H and O–H groups in total. The SMILES string of the molecule is O=C(C1CC1c1ccc(OCc2ccccc2)cc1)N1CCC2(CCNC2)CC1. The van der Waals surface area contributed by atoms with E-state index in [1.54, 1.807) is 0 Å². The Kier molecular flexibility index (Phi) is 5.04. The van der Waals surface area contributed by atoms with E-state index in [1.807, 2.05) is 30.3 Å². The molecule has 1 amide bonds. The molecule has 3 aliphatic rings. The molecule has 2 aliphatic heterocycles. The van der Waals surface area contributed by atoms with Crippen molar-refractivity contribution in [1.82, 2.24) is 10.2 Å². The maximum Gasteiger partial charge on any atom is 0.226 e. The first-order chi connectivity index (χ1) is 14.2. The number of piperidine rings is 1. The summed E-state index contributed by atoms with van der Waals surface area (Å²) in [4.78, 5) is 15.1. The van der Waals surface area contributed by atoms with E-state index in [0.717, 1.165) is 51.2 Å². The highest BCUT2D eigenvalue weighted by atomic mass is 16.5. The maximum atomic E-state index is 13.0. The summed E-state index contributed by atoms with van der Waals surface area (Å²) < 4.78 is 5.88. The summed E-state index contributed by atoms with van der Waals surface area (Å²) in [6.45, 7) is 4.74. The number of rotatable bonds is 5. The third kappa shape index (κ3) is 4.04. The second-order valence-corrected chi connectivity index (χ2v) is 9.04. The fourth-order valence-corrected chi connectivity index (χ4v) is 5.05. The molecule has 2 saturated heterocycles. The Balaban J connectivity index is 1.12. The van der Waals surface area contributed by atoms with Crippen molar-refractivity contribution < 1.29 is 9.53 Å². The van der Waals surface area contributed by atoms with Gasteiger partial charge in [-0.1, -0.05) is 42.5 Å². The van der Waals surface area contributed by atoms with Crippen LogP contribution in [0.5, 0.6) is 5.75 Å². The molecule has 2 aromatic carbocycles. The monoisotopic (exact) mass is 390 g/mol. The van der Waals surface area contributed by atoms with Gasteiger partial charge < -0.3 is 15.0 Å². The topological polar surface area (TPSA) is 41.6 Å². The molecule has 0 bridgehead atoms. The van der Waals surface area contributed by atoms with Crippen LogP contribution in [-0.4, -0.2) is 37.0 Å². The zero-order valence-corrected chi connectivity index (χ0v) is 17.0. The predicted molar refractivity (Wildman–Crippen MR) is 114 cm³/mol. The van der Waals surface area contributed by atoms with Crippen molar-refractivity contribution in [3.63, 3.8) is 0 Å². The molecule has 1 spiro atoms. The molecule has 0 aromatic heterocycles. The minimum atomic E-state index is 0.182. The van der Waals surface area contributed by atoms with Crippen molar-refractivity contribution in [1.29, 1.82) is 0 Å². The minimum Gasteiger partial charge on any atom is -0.489 e. The lowest BCUT2D eigenvalue weighted by atomic mass is 9.78. The molecule has 152 valence electrons. The standard InChI is InChI=1S/C25H30N2O2/c28-24(27-14-11-25(12-15-27)10-13-26-18-25)23-16-22(23)20-6-8-21(9-7-20)29-17-19-4-2-1-3-5-19/h1-9,22-23,26H,10-18H2. The third-order valence-electron chi connectivity index (χ3n) is 7.13. The molecule has 29 heavy (non-hydrogen) atoms. The molecule has 2 aromatic rings. The smallest absolute Gasteiger partial charge is 0.226 e. The van der Waals surface area contributed by atoms with Gasteiger partial charge in [0.2, 0.25) is 5.91 Å². The van der Waals surface area contributed by atoms with Crippen molar-refractivity contribution in [2.75, 3.05) is 26.2 Å². The predicted octanol–water partition coefficient (Wildman–Crippen LogP) is 3.97. The van der Waals surface area contributed by atoms with Gasteiger partial charge in [0.1, 0.15) is 12.4 Å². The van der Waals surface area contributed by atoms with Gasteiger partial charge in [0.15, 0.2) is 0 Å². The number of nitrogens with zero attached hydrogens (tertiary/aromatic N) is 1. The first-order valence-corrected chi connectivity index (χ1v) is 11.0. The molecule has 3 fully saturated rings. The molecular weight excluding hydrogens is 360 g/mol. The highest BCUT2D eigenvalue weighted by Gasteiger charge is 2.47. The van der Waals surface area contributed by atoms with E-state index in [1.165, 1.54) is 17.5 Å². The van der Waals surface area contributed by atoms with Crippen LogP contribution in [0.25, 0.3) is 0 Å². The lowest BCUT2D eigenvalue weighted by Gasteiger charge is -2.39. The van der Waals surface area contributed by atoms with E-state index in [4.69, 9.17) is 4.74 Å². The number of carbonyl (C=O) groups is 1. The van der Waals surface area contributed by atoms with Gasteiger partial charge in [-0.25, -0.2) is 0 Å². The van der Waals surface area contributed by atoms with Gasteiger partial charge >= 0.3 is 0 Å². The average Bonchev–Trinajstić information content (AvgIpc) is 3.46. The van der Waals surface area contributed by atoms with Crippen LogP contribution in [0, 0.1) is 11.3 Å². The largest absolute Gasteiger partial charge is 0.489 e. The summed E-state index contributed by atoms with van der Waals surface area (Å²) in [5.41, 5.74) is 2.90. The lowest BCUT2D eigenvalue weighted by Crippen LogP contribution is -2.44. The van der Waals surface area contributed by atoms with Crippen molar-refractivity contribution >= 4 is 5.91 Å². The molecular formula is C25H30N2O2. The van der Waals surface area contributed by atoms with Crippen molar-refractivity contribution in [3.05, 3.63) is 65.7 Å². The van der Waals surface area contributed by atoms with Gasteiger partial charge in [0.05, 0.1) is 0 Å². The number of likely N-dealkylation sites (tertiary alicyclic amines) is 1.